The molecule has 0 N–H and O–H groups in total. The quantitative estimate of drug-likeness (QED) is 0.225. The van der Waals surface area contributed by atoms with Gasteiger partial charge >= 0.3 is 5.69 Å². The van der Waals surface area contributed by atoms with Crippen LogP contribution in [0, 0.1) is 10.1 Å². The summed E-state index contributed by atoms with van der Waals surface area (Å²) >= 11 is 12.0. The fourth-order valence-corrected chi connectivity index (χ4v) is 2.93. The third kappa shape index (κ3) is 6.09. The number of hydrogen-bond acceptors (Lipinski definition) is 5. The maximum absolute atomic E-state index is 11.3. The van der Waals surface area contributed by atoms with E-state index in [9.17, 15) is 10.1 Å². The molecule has 0 fully saturated rings. The van der Waals surface area contributed by atoms with Crippen LogP contribution in [-0.4, -0.2) is 18.1 Å². The third-order valence-corrected chi connectivity index (χ3v) is 4.38. The number of hydrogen-bond donors (Lipinski definition) is 0. The summed E-state index contributed by atoms with van der Waals surface area (Å²) in [5.41, 5.74) is 0.872. The maximum Gasteiger partial charge on any atom is 0.311 e. The van der Waals surface area contributed by atoms with Gasteiger partial charge in [0.2, 0.25) is 5.75 Å². The number of benzene rings is 3. The number of halogens is 2. The Kier molecular flexibility index (Phi) is 7.30. The summed E-state index contributed by atoms with van der Waals surface area (Å²) < 4.78 is 16.8. The first-order valence-corrected chi connectivity index (χ1v) is 9.44. The number of nitro groups is 1. The maximum atomic E-state index is 11.3. The van der Waals surface area contributed by atoms with Crippen molar-refractivity contribution in [2.75, 3.05) is 13.2 Å². The Balaban J connectivity index is 1.63. The van der Waals surface area contributed by atoms with Crippen molar-refractivity contribution in [3.05, 3.63) is 92.5 Å². The molecule has 0 aliphatic heterocycles. The summed E-state index contributed by atoms with van der Waals surface area (Å²) in [7, 11) is 0. The summed E-state index contributed by atoms with van der Waals surface area (Å²) in [6.07, 6.45) is 0. The van der Waals surface area contributed by atoms with E-state index in [0.29, 0.717) is 28.2 Å². The average Bonchev–Trinajstić information content (AvgIpc) is 2.70. The smallest absolute Gasteiger partial charge is 0.311 e. The Hall–Kier alpha value is -2.80. The van der Waals surface area contributed by atoms with Crippen LogP contribution in [0.5, 0.6) is 17.2 Å². The molecule has 0 aromatic heterocycles. The van der Waals surface area contributed by atoms with Gasteiger partial charge in [-0.3, -0.25) is 10.1 Å². The van der Waals surface area contributed by atoms with Gasteiger partial charge in [0.25, 0.3) is 0 Å². The zero-order valence-electron chi connectivity index (χ0n) is 15.2. The third-order valence-electron chi connectivity index (χ3n) is 3.85. The van der Waals surface area contributed by atoms with Crippen molar-refractivity contribution >= 4 is 28.9 Å². The van der Waals surface area contributed by atoms with Gasteiger partial charge in [-0.15, -0.1) is 0 Å². The zero-order valence-corrected chi connectivity index (χ0v) is 16.7. The minimum atomic E-state index is -0.515. The van der Waals surface area contributed by atoms with Gasteiger partial charge in [0.05, 0.1) is 23.2 Å². The Bertz CT molecular complexity index is 982. The molecule has 29 heavy (non-hydrogen) atoms. The van der Waals surface area contributed by atoms with E-state index in [1.807, 2.05) is 30.3 Å². The Morgan fingerprint density at radius 3 is 2.41 bits per heavy atom. The number of nitro benzene ring substituents is 1. The Morgan fingerprint density at radius 2 is 1.69 bits per heavy atom. The molecule has 6 nitrogen and oxygen atoms in total. The lowest BCUT2D eigenvalue weighted by atomic mass is 10.2. The van der Waals surface area contributed by atoms with Crippen molar-refractivity contribution in [1.82, 2.24) is 0 Å². The second kappa shape index (κ2) is 10.1. The first-order valence-electron chi connectivity index (χ1n) is 8.69. The van der Waals surface area contributed by atoms with E-state index in [2.05, 4.69) is 0 Å². The summed E-state index contributed by atoms with van der Waals surface area (Å²) in [5.74, 6) is 0.808. The minimum absolute atomic E-state index is 0.0842. The highest BCUT2D eigenvalue weighted by Crippen LogP contribution is 2.36. The molecule has 3 rings (SSSR count). The first-order chi connectivity index (χ1) is 14.0. The average molecular weight is 434 g/mol. The van der Waals surface area contributed by atoms with Crippen molar-refractivity contribution in [2.24, 2.45) is 0 Å². The second-order valence-electron chi connectivity index (χ2n) is 5.95. The predicted octanol–water partition coefficient (Wildman–Crippen LogP) is 6.29. The highest BCUT2D eigenvalue weighted by Gasteiger charge is 2.17. The van der Waals surface area contributed by atoms with E-state index >= 15 is 0 Å². The molecule has 0 aliphatic carbocycles. The first kappa shape index (κ1) is 20.9. The molecule has 0 aliphatic rings. The van der Waals surface area contributed by atoms with E-state index in [-0.39, 0.29) is 24.7 Å². The normalized spacial score (nSPS) is 10.6. The SMILES string of the molecule is O=[N+]([O-])c1ccc(Oc2ccc(Cl)cc2Cl)cc1OCCOCc1ccccc1. The molecule has 0 spiro atoms. The Labute approximate surface area is 177 Å². The number of nitrogens with zero attached hydrogens (tertiary/aromatic N) is 1. The van der Waals surface area contributed by atoms with Gasteiger partial charge in [-0.2, -0.15) is 0 Å². The number of rotatable bonds is 9. The van der Waals surface area contributed by atoms with Crippen molar-refractivity contribution in [2.45, 2.75) is 6.61 Å². The highest BCUT2D eigenvalue weighted by molar-refractivity contribution is 6.35. The van der Waals surface area contributed by atoms with Gasteiger partial charge in [-0.1, -0.05) is 53.5 Å². The van der Waals surface area contributed by atoms with Crippen molar-refractivity contribution < 1.29 is 19.1 Å². The highest BCUT2D eigenvalue weighted by atomic mass is 35.5. The summed E-state index contributed by atoms with van der Waals surface area (Å²) in [5, 5.41) is 12.1. The summed E-state index contributed by atoms with van der Waals surface area (Å²) in [6, 6.07) is 18.7. The van der Waals surface area contributed by atoms with Crippen LogP contribution >= 0.6 is 23.2 Å². The molecule has 150 valence electrons. The van der Waals surface area contributed by atoms with Crippen LogP contribution in [-0.2, 0) is 11.3 Å². The molecule has 0 saturated carbocycles. The van der Waals surface area contributed by atoms with Crippen LogP contribution in [0.25, 0.3) is 0 Å². The van der Waals surface area contributed by atoms with Crippen LogP contribution in [0.4, 0.5) is 5.69 Å². The molecular formula is C21H17Cl2NO5. The van der Waals surface area contributed by atoms with Gasteiger partial charge in [0.1, 0.15) is 18.1 Å². The van der Waals surface area contributed by atoms with E-state index in [0.717, 1.165) is 5.56 Å². The van der Waals surface area contributed by atoms with Crippen molar-refractivity contribution in [3.8, 4) is 17.2 Å². The lowest BCUT2D eigenvalue weighted by Gasteiger charge is -2.11. The zero-order chi connectivity index (χ0) is 20.6. The van der Waals surface area contributed by atoms with Gasteiger partial charge in [0.15, 0.2) is 0 Å². The van der Waals surface area contributed by atoms with E-state index in [1.54, 1.807) is 18.2 Å². The molecule has 0 bridgehead atoms. The van der Waals surface area contributed by atoms with Crippen molar-refractivity contribution in [3.63, 3.8) is 0 Å². The molecule has 0 amide bonds. The molecule has 0 heterocycles. The standard InChI is InChI=1S/C21H17Cl2NO5/c22-16-6-9-20(18(23)12-16)29-17-7-8-19(24(25)26)21(13-17)28-11-10-27-14-15-4-2-1-3-5-15/h1-9,12-13H,10-11,14H2. The largest absolute Gasteiger partial charge is 0.484 e. The van der Waals surface area contributed by atoms with Crippen LogP contribution in [0.2, 0.25) is 10.0 Å². The van der Waals surface area contributed by atoms with E-state index < -0.39 is 4.92 Å². The summed E-state index contributed by atoms with van der Waals surface area (Å²) in [6.45, 7) is 0.865. The van der Waals surface area contributed by atoms with Gasteiger partial charge in [-0.25, -0.2) is 0 Å². The predicted molar refractivity (Wildman–Crippen MR) is 111 cm³/mol. The van der Waals surface area contributed by atoms with Crippen LogP contribution in [0.15, 0.2) is 66.7 Å². The molecule has 0 radical (unpaired) electrons. The van der Waals surface area contributed by atoms with Crippen LogP contribution in [0.1, 0.15) is 5.56 Å². The van der Waals surface area contributed by atoms with Crippen molar-refractivity contribution in [1.29, 1.82) is 0 Å². The lowest BCUT2D eigenvalue weighted by Crippen LogP contribution is -2.08. The van der Waals surface area contributed by atoms with Crippen LogP contribution in [0.3, 0.4) is 0 Å². The molecule has 3 aromatic carbocycles. The molecule has 0 saturated heterocycles. The second-order valence-corrected chi connectivity index (χ2v) is 6.79. The minimum Gasteiger partial charge on any atom is -0.484 e. The fourth-order valence-electron chi connectivity index (χ4n) is 2.48. The molecule has 3 aromatic rings. The van der Waals surface area contributed by atoms with Crippen LogP contribution < -0.4 is 9.47 Å². The molecule has 0 unspecified atom stereocenters. The molecular weight excluding hydrogens is 417 g/mol. The van der Waals surface area contributed by atoms with Gasteiger partial charge in [-0.05, 0) is 29.8 Å². The Morgan fingerprint density at radius 1 is 0.897 bits per heavy atom. The molecule has 8 heteroatoms. The van der Waals surface area contributed by atoms with E-state index in [4.69, 9.17) is 37.4 Å². The summed E-state index contributed by atoms with van der Waals surface area (Å²) in [4.78, 5) is 10.8. The monoisotopic (exact) mass is 433 g/mol. The number of ether oxygens (including phenoxy) is 3. The van der Waals surface area contributed by atoms with Gasteiger partial charge < -0.3 is 14.2 Å². The fraction of sp³-hybridized carbons (Fsp3) is 0.143. The lowest BCUT2D eigenvalue weighted by molar-refractivity contribution is -0.385. The van der Waals surface area contributed by atoms with Gasteiger partial charge in [0, 0.05) is 17.2 Å². The molecule has 0 atom stereocenters. The topological polar surface area (TPSA) is 70.8 Å². The van der Waals surface area contributed by atoms with E-state index in [1.165, 1.54) is 18.2 Å².